The van der Waals surface area contributed by atoms with Gasteiger partial charge in [-0.2, -0.15) is 0 Å². The third-order valence-corrected chi connectivity index (χ3v) is 15.4. The Hall–Kier alpha value is -0.600. The number of likely N-dealkylation sites (tertiary alicyclic amines) is 4. The molecule has 0 bridgehead atoms. The zero-order valence-electron chi connectivity index (χ0n) is 29.9. The number of hydrogen-bond donors (Lipinski definition) is 0. The SMILES string of the molecule is CN1CCCC1[N+](C)(C(=O)c1c(Cl)cc(Cl)cc1SSc1cc(Cl)cc(Cl)c1C(=O)[N+](C)(C1CCCN1C)C1CCCN1C)C1CCCN1C. The molecule has 8 nitrogen and oxygen atoms in total. The Morgan fingerprint density at radius 2 is 0.840 bits per heavy atom. The van der Waals surface area contributed by atoms with Crippen molar-refractivity contribution >= 4 is 79.8 Å². The Morgan fingerprint density at radius 3 is 1.08 bits per heavy atom. The van der Waals surface area contributed by atoms with E-state index in [0.29, 0.717) is 41.0 Å². The van der Waals surface area contributed by atoms with Gasteiger partial charge in [0.1, 0.15) is 11.1 Å². The molecule has 4 aliphatic rings. The molecule has 274 valence electrons. The quantitative estimate of drug-likeness (QED) is 0.185. The molecule has 4 heterocycles. The van der Waals surface area contributed by atoms with E-state index in [1.54, 1.807) is 12.1 Å². The Balaban J connectivity index is 1.40. The fraction of sp³-hybridized carbons (Fsp3) is 0.611. The summed E-state index contributed by atoms with van der Waals surface area (Å²) in [5.74, 6) is -0.0454. The number of amides is 2. The van der Waals surface area contributed by atoms with Crippen LogP contribution < -0.4 is 0 Å². The second-order valence-electron chi connectivity index (χ2n) is 15.0. The summed E-state index contributed by atoms with van der Waals surface area (Å²) in [5, 5.41) is 1.54. The summed E-state index contributed by atoms with van der Waals surface area (Å²) in [6.07, 6.45) is 8.01. The van der Waals surface area contributed by atoms with E-state index in [4.69, 9.17) is 46.4 Å². The fourth-order valence-electron chi connectivity index (χ4n) is 9.44. The average Bonchev–Trinajstić information content (AvgIpc) is 3.88. The molecule has 6 rings (SSSR count). The van der Waals surface area contributed by atoms with Gasteiger partial charge in [-0.05, 0) is 78.1 Å². The van der Waals surface area contributed by atoms with Crippen LogP contribution in [0.25, 0.3) is 0 Å². The highest BCUT2D eigenvalue weighted by atomic mass is 35.5. The second-order valence-corrected chi connectivity index (χ2v) is 18.9. The number of halogens is 4. The first kappa shape index (κ1) is 39.1. The molecular formula is C36H50Cl4N6O2S2+2. The smallest absolute Gasteiger partial charge is 0.257 e. The first-order valence-electron chi connectivity index (χ1n) is 17.6. The molecule has 4 aliphatic heterocycles. The monoisotopic (exact) mass is 802 g/mol. The van der Waals surface area contributed by atoms with Crippen LogP contribution in [-0.4, -0.2) is 134 Å². The predicted octanol–water partition coefficient (Wildman–Crippen LogP) is 8.48. The minimum atomic E-state index is -0.0227. The van der Waals surface area contributed by atoms with Crippen LogP contribution in [0.1, 0.15) is 72.1 Å². The molecule has 4 atom stereocenters. The van der Waals surface area contributed by atoms with Crippen molar-refractivity contribution < 1.29 is 18.6 Å². The first-order chi connectivity index (χ1) is 23.7. The van der Waals surface area contributed by atoms with E-state index < -0.39 is 0 Å². The summed E-state index contributed by atoms with van der Waals surface area (Å²) < 4.78 is 0.442. The third kappa shape index (κ3) is 7.04. The van der Waals surface area contributed by atoms with Crippen molar-refractivity contribution in [1.29, 1.82) is 0 Å². The Morgan fingerprint density at radius 1 is 0.560 bits per heavy atom. The van der Waals surface area contributed by atoms with Crippen molar-refractivity contribution in [3.63, 3.8) is 0 Å². The van der Waals surface area contributed by atoms with Crippen molar-refractivity contribution in [3.8, 4) is 0 Å². The minimum absolute atomic E-state index is 0.0227. The Kier molecular flexibility index (Phi) is 12.2. The zero-order valence-corrected chi connectivity index (χ0v) is 34.6. The molecule has 2 amide bonds. The molecule has 2 aromatic rings. The van der Waals surface area contributed by atoms with Gasteiger partial charge in [0, 0.05) is 71.7 Å². The lowest BCUT2D eigenvalue weighted by atomic mass is 10.1. The molecule has 50 heavy (non-hydrogen) atoms. The molecule has 0 aromatic heterocycles. The van der Waals surface area contributed by atoms with Crippen molar-refractivity contribution in [2.75, 3.05) is 68.5 Å². The Labute approximate surface area is 325 Å². The van der Waals surface area contributed by atoms with Gasteiger partial charge in [0.15, 0.2) is 24.7 Å². The van der Waals surface area contributed by atoms with Gasteiger partial charge in [0.05, 0.1) is 24.1 Å². The molecule has 2 aromatic carbocycles. The number of nitrogens with zero attached hydrogens (tertiary/aromatic N) is 6. The van der Waals surface area contributed by atoms with E-state index in [9.17, 15) is 0 Å². The van der Waals surface area contributed by atoms with Crippen molar-refractivity contribution in [3.05, 3.63) is 55.5 Å². The number of carbonyl (C=O) groups is 2. The van der Waals surface area contributed by atoms with Crippen molar-refractivity contribution in [1.82, 2.24) is 19.6 Å². The largest absolute Gasteiger partial charge is 0.350 e. The fourth-order valence-corrected chi connectivity index (χ4v) is 13.2. The van der Waals surface area contributed by atoms with Crippen molar-refractivity contribution in [2.24, 2.45) is 0 Å². The third-order valence-electron chi connectivity index (χ3n) is 12.0. The zero-order chi connectivity index (χ0) is 36.1. The first-order valence-corrected chi connectivity index (χ1v) is 21.3. The van der Waals surface area contributed by atoms with Crippen LogP contribution in [0.2, 0.25) is 20.1 Å². The van der Waals surface area contributed by atoms with Gasteiger partial charge in [0.25, 0.3) is 0 Å². The van der Waals surface area contributed by atoms with Gasteiger partial charge in [0.2, 0.25) is 0 Å². The molecule has 0 N–H and O–H groups in total. The molecule has 14 heteroatoms. The predicted molar refractivity (Wildman–Crippen MR) is 208 cm³/mol. The normalized spacial score (nSPS) is 28.0. The van der Waals surface area contributed by atoms with Gasteiger partial charge in [-0.15, -0.1) is 0 Å². The maximum atomic E-state index is 15.1. The Bertz CT molecular complexity index is 1480. The van der Waals surface area contributed by atoms with E-state index >= 15 is 9.59 Å². The summed E-state index contributed by atoms with van der Waals surface area (Å²) in [6, 6.07) is 6.95. The van der Waals surface area contributed by atoms with E-state index in [0.717, 1.165) is 77.5 Å². The molecule has 0 saturated carbocycles. The lowest BCUT2D eigenvalue weighted by Crippen LogP contribution is -2.67. The topological polar surface area (TPSA) is 47.1 Å². The van der Waals surface area contributed by atoms with Crippen molar-refractivity contribution in [2.45, 2.75) is 85.8 Å². The molecule has 4 unspecified atom stereocenters. The number of hydrogen-bond acceptors (Lipinski definition) is 8. The number of carbonyl (C=O) groups excluding carboxylic acids is 2. The van der Waals surface area contributed by atoms with Crippen LogP contribution in [0, 0.1) is 0 Å². The molecule has 4 fully saturated rings. The highest BCUT2D eigenvalue weighted by molar-refractivity contribution is 8.76. The van der Waals surface area contributed by atoms with Gasteiger partial charge in [-0.1, -0.05) is 68.0 Å². The summed E-state index contributed by atoms with van der Waals surface area (Å²) in [4.78, 5) is 40.8. The maximum Gasteiger partial charge on any atom is 0.350 e. The summed E-state index contributed by atoms with van der Waals surface area (Å²) >= 11 is 27.3. The number of quaternary nitrogens is 2. The van der Waals surface area contributed by atoms with Gasteiger partial charge >= 0.3 is 11.8 Å². The summed E-state index contributed by atoms with van der Waals surface area (Å²) in [6.45, 7) is 3.80. The molecule has 0 radical (unpaired) electrons. The van der Waals surface area contributed by atoms with Crippen LogP contribution in [0.4, 0.5) is 0 Å². The average molecular weight is 805 g/mol. The van der Waals surface area contributed by atoms with Crippen LogP contribution in [0.3, 0.4) is 0 Å². The highest BCUT2D eigenvalue weighted by Gasteiger charge is 2.55. The van der Waals surface area contributed by atoms with E-state index in [1.807, 2.05) is 12.1 Å². The van der Waals surface area contributed by atoms with Crippen LogP contribution in [0.5, 0.6) is 0 Å². The molecular weight excluding hydrogens is 754 g/mol. The van der Waals surface area contributed by atoms with Gasteiger partial charge in [-0.25, -0.2) is 18.6 Å². The van der Waals surface area contributed by atoms with E-state index in [-0.39, 0.29) is 45.4 Å². The summed E-state index contributed by atoms with van der Waals surface area (Å²) in [7, 11) is 15.4. The van der Waals surface area contributed by atoms with Gasteiger partial charge < -0.3 is 0 Å². The number of benzene rings is 2. The van der Waals surface area contributed by atoms with Crippen LogP contribution in [-0.2, 0) is 0 Å². The minimum Gasteiger partial charge on any atom is -0.257 e. The van der Waals surface area contributed by atoms with Crippen LogP contribution >= 0.6 is 68.0 Å². The van der Waals surface area contributed by atoms with E-state index in [1.165, 1.54) is 21.6 Å². The van der Waals surface area contributed by atoms with Crippen LogP contribution in [0.15, 0.2) is 34.1 Å². The number of rotatable bonds is 9. The summed E-state index contributed by atoms with van der Waals surface area (Å²) in [5.41, 5.74) is 0.914. The molecule has 0 spiro atoms. The molecule has 4 saturated heterocycles. The van der Waals surface area contributed by atoms with Gasteiger partial charge in [-0.3, -0.25) is 19.6 Å². The second kappa shape index (κ2) is 15.6. The highest BCUT2D eigenvalue weighted by Crippen LogP contribution is 2.48. The van der Waals surface area contributed by atoms with E-state index in [2.05, 4.69) is 61.9 Å². The lowest BCUT2D eigenvalue weighted by molar-refractivity contribution is -0.900. The standard InChI is InChI=1S/C36H50Cl4N6O2S2/c1-41-15-7-11-29(41)45(5,30-12-8-16-42(30)2)35(47)33-25(39)19-23(37)21-27(33)49-50-28-22-24(38)20-26(40)34(28)36(48)46(6,31-13-9-17-43(31)3)32-14-10-18-44(32)4/h19-22,29-32H,7-18H2,1-6H3/q+2. The maximum absolute atomic E-state index is 15.1. The molecule has 0 aliphatic carbocycles. The lowest BCUT2D eigenvalue weighted by Gasteiger charge is -2.46.